The van der Waals surface area contributed by atoms with Gasteiger partial charge in [0.1, 0.15) is 16.5 Å². The molecule has 35 heavy (non-hydrogen) atoms. The van der Waals surface area contributed by atoms with Crippen molar-refractivity contribution in [3.63, 3.8) is 0 Å². The molecule has 2 aromatic heterocycles. The SMILES string of the molecule is CCOC(=O)c1nn(-c2ccccc2F)c(=O)c2c(NC(=O)c3ccc4ccccc4c3)scc12. The fraction of sp³-hybridized carbons (Fsp3) is 0.0769. The summed E-state index contributed by atoms with van der Waals surface area (Å²) < 4.78 is 20.5. The Kier molecular flexibility index (Phi) is 5.84. The van der Waals surface area contributed by atoms with Crippen molar-refractivity contribution in [2.24, 2.45) is 0 Å². The molecule has 0 saturated heterocycles. The summed E-state index contributed by atoms with van der Waals surface area (Å²) in [7, 11) is 0. The molecular formula is C26H18FN3O4S. The highest BCUT2D eigenvalue weighted by Crippen LogP contribution is 2.31. The van der Waals surface area contributed by atoms with Gasteiger partial charge in [0, 0.05) is 16.3 Å². The molecule has 0 spiro atoms. The summed E-state index contributed by atoms with van der Waals surface area (Å²) in [5.74, 6) is -1.87. The number of ether oxygens (including phenoxy) is 1. The lowest BCUT2D eigenvalue weighted by Crippen LogP contribution is -2.26. The van der Waals surface area contributed by atoms with Crippen LogP contribution in [0.25, 0.3) is 27.2 Å². The number of hydrogen-bond donors (Lipinski definition) is 1. The number of anilines is 1. The first-order valence-corrected chi connectivity index (χ1v) is 11.6. The van der Waals surface area contributed by atoms with Crippen molar-refractivity contribution in [1.29, 1.82) is 0 Å². The Morgan fingerprint density at radius 3 is 2.57 bits per heavy atom. The van der Waals surface area contributed by atoms with Crippen molar-refractivity contribution < 1.29 is 18.7 Å². The molecule has 7 nitrogen and oxygen atoms in total. The first-order valence-electron chi connectivity index (χ1n) is 10.7. The van der Waals surface area contributed by atoms with E-state index in [9.17, 15) is 18.8 Å². The molecule has 0 unspecified atom stereocenters. The summed E-state index contributed by atoms with van der Waals surface area (Å²) in [6.45, 7) is 1.74. The molecule has 5 aromatic rings. The van der Waals surface area contributed by atoms with Crippen LogP contribution in [0.3, 0.4) is 0 Å². The molecule has 0 aliphatic rings. The fourth-order valence-electron chi connectivity index (χ4n) is 3.78. The Bertz CT molecular complexity index is 1670. The van der Waals surface area contributed by atoms with Crippen molar-refractivity contribution >= 4 is 49.8 Å². The minimum Gasteiger partial charge on any atom is -0.461 e. The molecule has 0 fully saturated rings. The van der Waals surface area contributed by atoms with E-state index in [1.807, 2.05) is 30.3 Å². The highest BCUT2D eigenvalue weighted by atomic mass is 32.1. The predicted molar refractivity (Wildman–Crippen MR) is 133 cm³/mol. The summed E-state index contributed by atoms with van der Waals surface area (Å²) in [6, 6.07) is 18.5. The van der Waals surface area contributed by atoms with Crippen LogP contribution in [-0.4, -0.2) is 28.3 Å². The second kappa shape index (κ2) is 9.11. The third-order valence-electron chi connectivity index (χ3n) is 5.44. The van der Waals surface area contributed by atoms with Gasteiger partial charge in [-0.2, -0.15) is 9.78 Å². The number of fused-ring (bicyclic) bond motifs is 2. The molecule has 174 valence electrons. The third-order valence-corrected chi connectivity index (χ3v) is 6.34. The van der Waals surface area contributed by atoms with E-state index in [1.54, 1.807) is 30.5 Å². The molecule has 0 atom stereocenters. The summed E-state index contributed by atoms with van der Waals surface area (Å²) in [5, 5.41) is 10.8. The van der Waals surface area contributed by atoms with Crippen LogP contribution in [0.15, 0.2) is 76.9 Å². The molecular weight excluding hydrogens is 469 g/mol. The van der Waals surface area contributed by atoms with Crippen molar-refractivity contribution in [3.8, 4) is 5.69 Å². The van der Waals surface area contributed by atoms with Crippen LogP contribution in [0.2, 0.25) is 0 Å². The monoisotopic (exact) mass is 487 g/mol. The summed E-state index contributed by atoms with van der Waals surface area (Å²) >= 11 is 1.07. The van der Waals surface area contributed by atoms with E-state index >= 15 is 0 Å². The molecule has 2 heterocycles. The molecule has 0 aliphatic carbocycles. The average Bonchev–Trinajstić information content (AvgIpc) is 3.28. The average molecular weight is 488 g/mol. The van der Waals surface area contributed by atoms with Crippen LogP contribution in [-0.2, 0) is 4.74 Å². The maximum absolute atomic E-state index is 14.5. The number of thiophene rings is 1. The maximum atomic E-state index is 14.5. The van der Waals surface area contributed by atoms with Gasteiger partial charge in [-0.05, 0) is 42.0 Å². The van der Waals surface area contributed by atoms with Gasteiger partial charge in [0.25, 0.3) is 11.5 Å². The van der Waals surface area contributed by atoms with E-state index < -0.39 is 23.3 Å². The maximum Gasteiger partial charge on any atom is 0.359 e. The van der Waals surface area contributed by atoms with Gasteiger partial charge >= 0.3 is 5.97 Å². The number of aromatic nitrogens is 2. The Balaban J connectivity index is 1.64. The Labute approximate surface area is 202 Å². The first-order chi connectivity index (χ1) is 17.0. The van der Waals surface area contributed by atoms with E-state index in [1.165, 1.54) is 18.2 Å². The van der Waals surface area contributed by atoms with Gasteiger partial charge in [0.2, 0.25) is 0 Å². The van der Waals surface area contributed by atoms with Crippen LogP contribution < -0.4 is 10.9 Å². The lowest BCUT2D eigenvalue weighted by molar-refractivity contribution is 0.0519. The molecule has 0 saturated carbocycles. The Morgan fingerprint density at radius 2 is 1.80 bits per heavy atom. The topological polar surface area (TPSA) is 90.3 Å². The zero-order valence-electron chi connectivity index (χ0n) is 18.4. The number of rotatable bonds is 5. The van der Waals surface area contributed by atoms with Crippen LogP contribution in [0.5, 0.6) is 0 Å². The zero-order valence-corrected chi connectivity index (χ0v) is 19.3. The highest BCUT2D eigenvalue weighted by Gasteiger charge is 2.24. The largest absolute Gasteiger partial charge is 0.461 e. The third kappa shape index (κ3) is 4.06. The molecule has 1 N–H and O–H groups in total. The van der Waals surface area contributed by atoms with Gasteiger partial charge in [-0.3, -0.25) is 9.59 Å². The lowest BCUT2D eigenvalue weighted by Gasteiger charge is -2.10. The van der Waals surface area contributed by atoms with Gasteiger partial charge < -0.3 is 10.1 Å². The van der Waals surface area contributed by atoms with Gasteiger partial charge in [-0.25, -0.2) is 9.18 Å². The number of esters is 1. The van der Waals surface area contributed by atoms with Gasteiger partial charge in [0.05, 0.1) is 12.0 Å². The number of para-hydroxylation sites is 1. The van der Waals surface area contributed by atoms with E-state index in [2.05, 4.69) is 10.4 Å². The number of nitrogens with zero attached hydrogens (tertiary/aromatic N) is 2. The summed E-state index contributed by atoms with van der Waals surface area (Å²) in [4.78, 5) is 39.1. The molecule has 5 rings (SSSR count). The van der Waals surface area contributed by atoms with Crippen LogP contribution >= 0.6 is 11.3 Å². The van der Waals surface area contributed by atoms with E-state index in [-0.39, 0.29) is 33.8 Å². The Hall–Kier alpha value is -4.37. The molecule has 9 heteroatoms. The number of benzene rings is 3. The normalized spacial score (nSPS) is 11.0. The van der Waals surface area contributed by atoms with Crippen LogP contribution in [0.4, 0.5) is 9.39 Å². The van der Waals surface area contributed by atoms with Crippen molar-refractivity contribution in [1.82, 2.24) is 9.78 Å². The number of carbonyl (C=O) groups excluding carboxylic acids is 2. The molecule has 0 aliphatic heterocycles. The minimum absolute atomic E-state index is 0.0467. The zero-order chi connectivity index (χ0) is 24.5. The number of carbonyl (C=O) groups is 2. The van der Waals surface area contributed by atoms with Gasteiger partial charge in [-0.15, -0.1) is 11.3 Å². The first kappa shape index (κ1) is 22.4. The molecule has 3 aromatic carbocycles. The molecule has 0 radical (unpaired) electrons. The fourth-order valence-corrected chi connectivity index (χ4v) is 4.72. The highest BCUT2D eigenvalue weighted by molar-refractivity contribution is 7.16. The molecule has 1 amide bonds. The summed E-state index contributed by atoms with van der Waals surface area (Å²) in [6.07, 6.45) is 0. The number of nitrogens with one attached hydrogen (secondary N) is 1. The number of amides is 1. The van der Waals surface area contributed by atoms with Crippen molar-refractivity contribution in [2.75, 3.05) is 11.9 Å². The van der Waals surface area contributed by atoms with Crippen LogP contribution in [0.1, 0.15) is 27.8 Å². The van der Waals surface area contributed by atoms with E-state index in [4.69, 9.17) is 4.74 Å². The quantitative estimate of drug-likeness (QED) is 0.346. The summed E-state index contributed by atoms with van der Waals surface area (Å²) in [5.41, 5.74) is -0.539. The predicted octanol–water partition coefficient (Wildman–Crippen LogP) is 5.17. The number of hydrogen-bond acceptors (Lipinski definition) is 6. The van der Waals surface area contributed by atoms with E-state index in [0.29, 0.717) is 5.56 Å². The Morgan fingerprint density at radius 1 is 1.06 bits per heavy atom. The standard InChI is InChI=1S/C26H18FN3O4S/c1-2-34-26(33)22-18-14-35-24(21(18)25(32)30(29-22)20-10-6-5-9-19(20)27)28-23(31)17-12-11-15-7-3-4-8-16(15)13-17/h3-14H,2H2,1H3,(H,28,31). The van der Waals surface area contributed by atoms with Crippen molar-refractivity contribution in [2.45, 2.75) is 6.92 Å². The van der Waals surface area contributed by atoms with Crippen LogP contribution in [0, 0.1) is 5.82 Å². The molecule has 0 bridgehead atoms. The van der Waals surface area contributed by atoms with Crippen molar-refractivity contribution in [3.05, 3.63) is 99.5 Å². The van der Waals surface area contributed by atoms with E-state index in [0.717, 1.165) is 26.8 Å². The lowest BCUT2D eigenvalue weighted by atomic mass is 10.1. The van der Waals surface area contributed by atoms with Gasteiger partial charge in [0.15, 0.2) is 5.69 Å². The van der Waals surface area contributed by atoms with Gasteiger partial charge in [-0.1, -0.05) is 42.5 Å². The second-order valence-electron chi connectivity index (χ2n) is 7.61. The minimum atomic E-state index is -0.757. The second-order valence-corrected chi connectivity index (χ2v) is 8.49. The smallest absolute Gasteiger partial charge is 0.359 e. The number of halogens is 1.